The van der Waals surface area contributed by atoms with Crippen LogP contribution >= 0.6 is 11.6 Å². The van der Waals surface area contributed by atoms with Crippen molar-refractivity contribution in [1.29, 1.82) is 0 Å². The molecular weight excluding hydrogens is 300 g/mol. The van der Waals surface area contributed by atoms with Crippen LogP contribution in [0.15, 0.2) is 18.2 Å². The zero-order valence-corrected chi connectivity index (χ0v) is 13.8. The summed E-state index contributed by atoms with van der Waals surface area (Å²) in [5, 5.41) is 10.2. The van der Waals surface area contributed by atoms with Crippen molar-refractivity contribution in [2.45, 2.75) is 32.7 Å². The van der Waals surface area contributed by atoms with Gasteiger partial charge in [0, 0.05) is 42.5 Å². The maximum absolute atomic E-state index is 11.4. The maximum Gasteiger partial charge on any atom is 0.310 e. The number of benzene rings is 1. The summed E-state index contributed by atoms with van der Waals surface area (Å²) in [6, 6.07) is 6.08. The topological polar surface area (TPSA) is 43.8 Å². The third-order valence-electron chi connectivity index (χ3n) is 4.99. The third kappa shape index (κ3) is 2.95. The summed E-state index contributed by atoms with van der Waals surface area (Å²) in [7, 11) is 0. The first-order valence-electron chi connectivity index (χ1n) is 7.98. The van der Waals surface area contributed by atoms with Gasteiger partial charge >= 0.3 is 5.97 Å². The lowest BCUT2D eigenvalue weighted by Gasteiger charge is -2.26. The molecule has 120 valence electrons. The van der Waals surface area contributed by atoms with Crippen molar-refractivity contribution in [3.8, 4) is 0 Å². The Bertz CT molecular complexity index is 572. The first-order chi connectivity index (χ1) is 10.5. The van der Waals surface area contributed by atoms with Gasteiger partial charge in [0.05, 0.1) is 5.41 Å². The Labute approximate surface area is 136 Å². The van der Waals surface area contributed by atoms with Crippen molar-refractivity contribution in [1.82, 2.24) is 4.90 Å². The van der Waals surface area contributed by atoms with E-state index in [1.165, 1.54) is 18.5 Å². The molecule has 0 radical (unpaired) electrons. The molecule has 0 spiro atoms. The minimum Gasteiger partial charge on any atom is -0.481 e. The van der Waals surface area contributed by atoms with E-state index in [2.05, 4.69) is 15.9 Å². The fourth-order valence-electron chi connectivity index (χ4n) is 3.55. The molecule has 1 unspecified atom stereocenters. The molecule has 1 N–H and O–H groups in total. The molecule has 2 saturated heterocycles. The molecule has 0 aromatic heterocycles. The smallest absolute Gasteiger partial charge is 0.310 e. The summed E-state index contributed by atoms with van der Waals surface area (Å²) in [6.07, 6.45) is 3.16. The molecule has 5 heteroatoms. The Morgan fingerprint density at radius 1 is 1.32 bits per heavy atom. The van der Waals surface area contributed by atoms with E-state index in [0.29, 0.717) is 13.0 Å². The molecule has 0 saturated carbocycles. The lowest BCUT2D eigenvalue weighted by molar-refractivity contribution is -0.147. The molecular formula is C17H23ClN2O2. The molecule has 1 aromatic carbocycles. The second kappa shape index (κ2) is 6.09. The lowest BCUT2D eigenvalue weighted by Crippen LogP contribution is -2.32. The highest BCUT2D eigenvalue weighted by atomic mass is 35.5. The lowest BCUT2D eigenvalue weighted by atomic mass is 9.90. The number of halogens is 1. The highest BCUT2D eigenvalue weighted by Gasteiger charge is 2.40. The molecule has 0 bridgehead atoms. The summed E-state index contributed by atoms with van der Waals surface area (Å²) in [5.74, 6) is -0.700. The molecule has 0 aliphatic carbocycles. The largest absolute Gasteiger partial charge is 0.481 e. The van der Waals surface area contributed by atoms with Crippen molar-refractivity contribution in [3.05, 3.63) is 28.8 Å². The number of aliphatic carboxylic acids is 1. The molecule has 2 heterocycles. The molecule has 2 fully saturated rings. The second-order valence-corrected chi connectivity index (χ2v) is 7.17. The van der Waals surface area contributed by atoms with Gasteiger partial charge in [0.1, 0.15) is 0 Å². The van der Waals surface area contributed by atoms with Gasteiger partial charge in [-0.15, -0.1) is 0 Å². The minimum atomic E-state index is -0.700. The van der Waals surface area contributed by atoms with Crippen LogP contribution in [0, 0.1) is 5.41 Å². The number of carbonyl (C=O) groups is 1. The number of likely N-dealkylation sites (tertiary alicyclic amines) is 1. The molecule has 22 heavy (non-hydrogen) atoms. The maximum atomic E-state index is 11.4. The first-order valence-corrected chi connectivity index (χ1v) is 8.35. The van der Waals surface area contributed by atoms with Crippen molar-refractivity contribution < 1.29 is 9.90 Å². The third-order valence-corrected chi connectivity index (χ3v) is 5.35. The van der Waals surface area contributed by atoms with Gasteiger partial charge in [-0.1, -0.05) is 17.7 Å². The summed E-state index contributed by atoms with van der Waals surface area (Å²) in [4.78, 5) is 16.0. The quantitative estimate of drug-likeness (QED) is 0.924. The average Bonchev–Trinajstić information content (AvgIpc) is 3.12. The van der Waals surface area contributed by atoms with Gasteiger partial charge in [-0.05, 0) is 44.9 Å². The van der Waals surface area contributed by atoms with Crippen molar-refractivity contribution in [3.63, 3.8) is 0 Å². The van der Waals surface area contributed by atoms with Crippen LogP contribution in [0.5, 0.6) is 0 Å². The first kappa shape index (κ1) is 15.6. The van der Waals surface area contributed by atoms with E-state index in [1.807, 2.05) is 19.1 Å². The summed E-state index contributed by atoms with van der Waals surface area (Å²) in [6.45, 7) is 6.14. The van der Waals surface area contributed by atoms with Crippen LogP contribution < -0.4 is 4.90 Å². The van der Waals surface area contributed by atoms with Crippen molar-refractivity contribution >= 4 is 23.3 Å². The summed E-state index contributed by atoms with van der Waals surface area (Å²) >= 11 is 6.45. The molecule has 0 amide bonds. The summed E-state index contributed by atoms with van der Waals surface area (Å²) < 4.78 is 0. The molecule has 3 rings (SSSR count). The molecule has 4 nitrogen and oxygen atoms in total. The Hall–Kier alpha value is -1.26. The van der Waals surface area contributed by atoms with Gasteiger partial charge in [0.25, 0.3) is 0 Å². The molecule has 1 atom stereocenters. The van der Waals surface area contributed by atoms with Crippen molar-refractivity contribution in [2.75, 3.05) is 31.1 Å². The van der Waals surface area contributed by atoms with Crippen LogP contribution in [0.1, 0.15) is 31.7 Å². The molecule has 2 aliphatic rings. The van der Waals surface area contributed by atoms with Gasteiger partial charge in [-0.2, -0.15) is 0 Å². The van der Waals surface area contributed by atoms with Crippen LogP contribution in [0.25, 0.3) is 0 Å². The number of nitrogens with zero attached hydrogens (tertiary/aromatic N) is 2. The van der Waals surface area contributed by atoms with Crippen LogP contribution in [-0.4, -0.2) is 42.2 Å². The minimum absolute atomic E-state index is 0.590. The number of rotatable bonds is 4. The van der Waals surface area contributed by atoms with Gasteiger partial charge in [0.15, 0.2) is 0 Å². The van der Waals surface area contributed by atoms with E-state index in [0.717, 1.165) is 36.8 Å². The van der Waals surface area contributed by atoms with E-state index in [1.54, 1.807) is 0 Å². The Morgan fingerprint density at radius 2 is 2.05 bits per heavy atom. The number of carboxylic acids is 1. The Balaban J connectivity index is 1.79. The fourth-order valence-corrected chi connectivity index (χ4v) is 3.78. The van der Waals surface area contributed by atoms with Gasteiger partial charge in [0.2, 0.25) is 0 Å². The van der Waals surface area contributed by atoms with Gasteiger partial charge in [-0.3, -0.25) is 9.69 Å². The molecule has 2 aliphatic heterocycles. The number of anilines is 1. The average molecular weight is 323 g/mol. The Morgan fingerprint density at radius 3 is 2.68 bits per heavy atom. The predicted molar refractivity (Wildman–Crippen MR) is 88.5 cm³/mol. The van der Waals surface area contributed by atoms with E-state index < -0.39 is 11.4 Å². The SMILES string of the molecule is CC1(C(=O)O)CCN(Cc2c(Cl)cccc2N2CCCC2)C1. The zero-order valence-electron chi connectivity index (χ0n) is 13.0. The highest BCUT2D eigenvalue weighted by Crippen LogP contribution is 2.35. The van der Waals surface area contributed by atoms with Gasteiger partial charge < -0.3 is 10.0 Å². The van der Waals surface area contributed by atoms with Crippen LogP contribution in [0.4, 0.5) is 5.69 Å². The number of hydrogen-bond acceptors (Lipinski definition) is 3. The zero-order chi connectivity index (χ0) is 15.7. The van der Waals surface area contributed by atoms with E-state index in [-0.39, 0.29) is 0 Å². The van der Waals surface area contributed by atoms with Crippen LogP contribution in [0.3, 0.4) is 0 Å². The fraction of sp³-hybridized carbons (Fsp3) is 0.588. The summed E-state index contributed by atoms with van der Waals surface area (Å²) in [5.41, 5.74) is 1.73. The van der Waals surface area contributed by atoms with E-state index in [4.69, 9.17) is 11.6 Å². The standard InChI is InChI=1S/C17H23ClN2O2/c1-17(16(21)22)7-10-19(12-17)11-13-14(18)5-4-6-15(13)20-8-2-3-9-20/h4-6H,2-3,7-12H2,1H3,(H,21,22). The van der Waals surface area contributed by atoms with Crippen LogP contribution in [0.2, 0.25) is 5.02 Å². The molecule has 1 aromatic rings. The normalized spacial score (nSPS) is 25.8. The number of carboxylic acid groups (broad SMARTS) is 1. The predicted octanol–water partition coefficient (Wildman–Crippen LogP) is 3.24. The Kier molecular flexibility index (Phi) is 4.33. The monoisotopic (exact) mass is 322 g/mol. The number of hydrogen-bond donors (Lipinski definition) is 1. The van der Waals surface area contributed by atoms with Crippen LogP contribution in [-0.2, 0) is 11.3 Å². The van der Waals surface area contributed by atoms with Crippen molar-refractivity contribution in [2.24, 2.45) is 5.41 Å². The van der Waals surface area contributed by atoms with E-state index in [9.17, 15) is 9.90 Å². The van der Waals surface area contributed by atoms with E-state index >= 15 is 0 Å². The second-order valence-electron chi connectivity index (χ2n) is 6.76. The van der Waals surface area contributed by atoms with Gasteiger partial charge in [-0.25, -0.2) is 0 Å². The highest BCUT2D eigenvalue weighted by molar-refractivity contribution is 6.31.